The van der Waals surface area contributed by atoms with Gasteiger partial charge >= 0.3 is 5.69 Å². The van der Waals surface area contributed by atoms with Gasteiger partial charge in [0, 0.05) is 4.47 Å². The number of nitrogens with two attached hydrogens (primary N) is 1. The number of halogens is 1. The molecule has 2 aromatic rings. The van der Waals surface area contributed by atoms with Gasteiger partial charge in [-0.1, -0.05) is 12.1 Å². The molecule has 1 aromatic heterocycles. The van der Waals surface area contributed by atoms with Crippen LogP contribution in [-0.2, 0) is 0 Å². The Labute approximate surface area is 117 Å². The molecule has 3 N–H and O–H groups in total. The van der Waals surface area contributed by atoms with E-state index in [0.717, 1.165) is 10.0 Å². The summed E-state index contributed by atoms with van der Waals surface area (Å²) in [6.07, 6.45) is 1.17. The molecule has 2 rings (SSSR count). The quantitative estimate of drug-likeness (QED) is 0.664. The summed E-state index contributed by atoms with van der Waals surface area (Å²) in [5.41, 5.74) is 6.83. The number of nitrogens with zero attached hydrogens (tertiary/aromatic N) is 3. The lowest BCUT2D eigenvalue weighted by Crippen LogP contribution is -2.05. The average molecular weight is 324 g/mol. The highest BCUT2D eigenvalue weighted by molar-refractivity contribution is 9.10. The van der Waals surface area contributed by atoms with Gasteiger partial charge in [0.15, 0.2) is 0 Å². The number of nitro groups is 1. The molecule has 0 atom stereocenters. The highest BCUT2D eigenvalue weighted by Crippen LogP contribution is 2.33. The van der Waals surface area contributed by atoms with Gasteiger partial charge in [-0.2, -0.15) is 0 Å². The van der Waals surface area contributed by atoms with Crippen LogP contribution in [0.25, 0.3) is 0 Å². The first kappa shape index (κ1) is 13.2. The normalized spacial score (nSPS) is 10.2. The maximum Gasteiger partial charge on any atom is 0.353 e. The molecule has 7 nitrogen and oxygen atoms in total. The molecule has 0 saturated carbocycles. The lowest BCUT2D eigenvalue weighted by Gasteiger charge is -2.10. The van der Waals surface area contributed by atoms with E-state index in [2.05, 4.69) is 31.2 Å². The zero-order valence-corrected chi connectivity index (χ0v) is 11.5. The smallest absolute Gasteiger partial charge is 0.353 e. The molecule has 0 saturated heterocycles. The Morgan fingerprint density at radius 3 is 2.84 bits per heavy atom. The van der Waals surface area contributed by atoms with Gasteiger partial charge in [0.25, 0.3) is 0 Å². The number of aromatic nitrogens is 2. The molecule has 0 spiro atoms. The zero-order chi connectivity index (χ0) is 14.0. The van der Waals surface area contributed by atoms with Crippen molar-refractivity contribution in [2.24, 2.45) is 0 Å². The second-order valence-electron chi connectivity index (χ2n) is 3.77. The highest BCUT2D eigenvalue weighted by Gasteiger charge is 2.21. The van der Waals surface area contributed by atoms with Crippen molar-refractivity contribution in [1.82, 2.24) is 9.97 Å². The van der Waals surface area contributed by atoms with Gasteiger partial charge in [-0.05, 0) is 34.5 Å². The van der Waals surface area contributed by atoms with E-state index >= 15 is 0 Å². The lowest BCUT2D eigenvalue weighted by atomic mass is 10.2. The van der Waals surface area contributed by atoms with Crippen molar-refractivity contribution in [1.29, 1.82) is 0 Å². The van der Waals surface area contributed by atoms with Crippen LogP contribution >= 0.6 is 15.9 Å². The zero-order valence-electron chi connectivity index (χ0n) is 9.92. The van der Waals surface area contributed by atoms with E-state index < -0.39 is 4.92 Å². The van der Waals surface area contributed by atoms with Crippen molar-refractivity contribution < 1.29 is 4.92 Å². The van der Waals surface area contributed by atoms with Crippen LogP contribution in [0.2, 0.25) is 0 Å². The van der Waals surface area contributed by atoms with Crippen LogP contribution in [-0.4, -0.2) is 14.9 Å². The summed E-state index contributed by atoms with van der Waals surface area (Å²) < 4.78 is 0.807. The van der Waals surface area contributed by atoms with E-state index in [1.54, 1.807) is 6.07 Å². The van der Waals surface area contributed by atoms with Crippen LogP contribution in [0.15, 0.2) is 29.0 Å². The molecule has 8 heteroatoms. The minimum absolute atomic E-state index is 0.0591. The fourth-order valence-electron chi connectivity index (χ4n) is 1.54. The molecule has 0 fully saturated rings. The van der Waals surface area contributed by atoms with E-state index in [-0.39, 0.29) is 17.3 Å². The Morgan fingerprint density at radius 2 is 2.16 bits per heavy atom. The third-order valence-corrected chi connectivity index (χ3v) is 3.53. The average Bonchev–Trinajstić information content (AvgIpc) is 2.34. The topological polar surface area (TPSA) is 107 Å². The Bertz CT molecular complexity index is 647. The number of hydrogen-bond donors (Lipinski definition) is 2. The molecule has 19 heavy (non-hydrogen) atoms. The molecule has 1 heterocycles. The summed E-state index contributed by atoms with van der Waals surface area (Å²) in [4.78, 5) is 17.8. The standard InChI is InChI=1S/C11H10BrN5O2/c1-6-3-2-4-7(8(6)12)16-11-9(17(18)19)10(13)14-5-15-11/h2-5H,1H3,(H3,13,14,15,16). The number of anilines is 3. The van der Waals surface area contributed by atoms with Crippen molar-refractivity contribution >= 4 is 38.9 Å². The molecule has 0 bridgehead atoms. The van der Waals surface area contributed by atoms with Gasteiger partial charge in [-0.25, -0.2) is 9.97 Å². The third kappa shape index (κ3) is 2.63. The van der Waals surface area contributed by atoms with Crippen LogP contribution < -0.4 is 11.1 Å². The number of aryl methyl sites for hydroxylation is 1. The molecule has 0 aliphatic heterocycles. The summed E-state index contributed by atoms with van der Waals surface area (Å²) >= 11 is 3.41. The van der Waals surface area contributed by atoms with Crippen molar-refractivity contribution in [3.8, 4) is 0 Å². The number of nitrogen functional groups attached to an aromatic ring is 1. The molecule has 0 unspecified atom stereocenters. The predicted molar refractivity (Wildman–Crippen MR) is 75.3 cm³/mol. The Morgan fingerprint density at radius 1 is 1.42 bits per heavy atom. The van der Waals surface area contributed by atoms with Crippen LogP contribution in [0.5, 0.6) is 0 Å². The first-order chi connectivity index (χ1) is 9.00. The van der Waals surface area contributed by atoms with Crippen LogP contribution in [0.1, 0.15) is 5.56 Å². The number of nitrogens with one attached hydrogen (secondary N) is 1. The van der Waals surface area contributed by atoms with Gasteiger partial charge in [-0.3, -0.25) is 10.1 Å². The first-order valence-corrected chi connectivity index (χ1v) is 6.07. The molecular formula is C11H10BrN5O2. The molecule has 0 aliphatic rings. The summed E-state index contributed by atoms with van der Waals surface area (Å²) in [5, 5.41) is 13.9. The lowest BCUT2D eigenvalue weighted by molar-refractivity contribution is -0.383. The van der Waals surface area contributed by atoms with Gasteiger partial charge in [0.2, 0.25) is 11.6 Å². The Balaban J connectivity index is 2.47. The molecule has 98 valence electrons. The van der Waals surface area contributed by atoms with Crippen molar-refractivity contribution in [3.05, 3.63) is 44.7 Å². The van der Waals surface area contributed by atoms with Crippen LogP contribution in [0, 0.1) is 17.0 Å². The third-order valence-electron chi connectivity index (χ3n) is 2.48. The minimum atomic E-state index is -0.610. The summed E-state index contributed by atoms with van der Waals surface area (Å²) in [6, 6.07) is 5.52. The van der Waals surface area contributed by atoms with Gasteiger partial charge in [0.05, 0.1) is 10.6 Å². The fourth-order valence-corrected chi connectivity index (χ4v) is 1.90. The highest BCUT2D eigenvalue weighted by atomic mass is 79.9. The van der Waals surface area contributed by atoms with Crippen molar-refractivity contribution in [2.75, 3.05) is 11.1 Å². The molecule has 0 radical (unpaired) electrons. The van der Waals surface area contributed by atoms with Crippen molar-refractivity contribution in [3.63, 3.8) is 0 Å². The van der Waals surface area contributed by atoms with Crippen molar-refractivity contribution in [2.45, 2.75) is 6.92 Å². The predicted octanol–water partition coefficient (Wildman–Crippen LogP) is 2.78. The maximum absolute atomic E-state index is 11.0. The molecule has 1 aromatic carbocycles. The second kappa shape index (κ2) is 5.19. The number of hydrogen-bond acceptors (Lipinski definition) is 6. The number of rotatable bonds is 3. The second-order valence-corrected chi connectivity index (χ2v) is 4.57. The maximum atomic E-state index is 11.0. The first-order valence-electron chi connectivity index (χ1n) is 5.27. The van der Waals surface area contributed by atoms with E-state index in [9.17, 15) is 10.1 Å². The Hall–Kier alpha value is -2.22. The van der Waals surface area contributed by atoms with Gasteiger partial charge in [-0.15, -0.1) is 0 Å². The monoisotopic (exact) mass is 323 g/mol. The van der Waals surface area contributed by atoms with E-state index in [4.69, 9.17) is 5.73 Å². The van der Waals surface area contributed by atoms with Gasteiger partial charge < -0.3 is 11.1 Å². The Kier molecular flexibility index (Phi) is 3.61. The summed E-state index contributed by atoms with van der Waals surface area (Å²) in [6.45, 7) is 1.91. The van der Waals surface area contributed by atoms with Gasteiger partial charge in [0.1, 0.15) is 6.33 Å². The van der Waals surface area contributed by atoms with E-state index in [1.165, 1.54) is 6.33 Å². The summed E-state index contributed by atoms with van der Waals surface area (Å²) in [7, 11) is 0. The van der Waals surface area contributed by atoms with Crippen LogP contribution in [0.3, 0.4) is 0 Å². The molecular weight excluding hydrogens is 314 g/mol. The van der Waals surface area contributed by atoms with E-state index in [0.29, 0.717) is 5.69 Å². The van der Waals surface area contributed by atoms with E-state index in [1.807, 2.05) is 19.1 Å². The SMILES string of the molecule is Cc1cccc(Nc2ncnc(N)c2[N+](=O)[O-])c1Br. The fraction of sp³-hybridized carbons (Fsp3) is 0.0909. The molecule has 0 amide bonds. The van der Waals surface area contributed by atoms with Crippen LogP contribution in [0.4, 0.5) is 23.0 Å². The summed E-state index contributed by atoms with van der Waals surface area (Å²) in [5.74, 6) is -0.116. The molecule has 0 aliphatic carbocycles. The number of benzene rings is 1. The largest absolute Gasteiger partial charge is 0.378 e. The minimum Gasteiger partial charge on any atom is -0.378 e.